The van der Waals surface area contributed by atoms with Crippen molar-refractivity contribution >= 4 is 34.8 Å². The Morgan fingerprint density at radius 3 is 2.38 bits per heavy atom. The van der Waals surface area contributed by atoms with Gasteiger partial charge in [0.05, 0.1) is 11.8 Å². The number of alkyl halides is 3. The summed E-state index contributed by atoms with van der Waals surface area (Å²) >= 11 is 10.7. The number of aliphatic hydroxyl groups is 1. The van der Waals surface area contributed by atoms with Gasteiger partial charge in [-0.05, 0) is 18.1 Å². The number of hydrogen-bond donors (Lipinski definition) is 3. The van der Waals surface area contributed by atoms with Gasteiger partial charge in [-0.3, -0.25) is 4.79 Å². The summed E-state index contributed by atoms with van der Waals surface area (Å²) in [5.74, 6) is -0.778. The molecule has 0 unspecified atom stereocenters. The number of nitrogens with zero attached hydrogens (tertiary/aromatic N) is 1. The van der Waals surface area contributed by atoms with Crippen LogP contribution >= 0.6 is 23.2 Å². The molecule has 1 aromatic rings. The van der Waals surface area contributed by atoms with Gasteiger partial charge in [0.15, 0.2) is 4.84 Å². The molecule has 21 heavy (non-hydrogen) atoms. The molecule has 0 fully saturated rings. The van der Waals surface area contributed by atoms with E-state index in [9.17, 15) is 14.3 Å². The number of hydrogen-bond acceptors (Lipinski definition) is 4. The molecule has 0 spiro atoms. The largest absolute Gasteiger partial charge is 0.411 e. The van der Waals surface area contributed by atoms with Crippen molar-refractivity contribution in [1.29, 1.82) is 0 Å². The lowest BCUT2D eigenvalue weighted by Gasteiger charge is -2.22. The van der Waals surface area contributed by atoms with Crippen LogP contribution in [0.4, 0.5) is 4.39 Å². The van der Waals surface area contributed by atoms with E-state index in [1.165, 1.54) is 0 Å². The van der Waals surface area contributed by atoms with E-state index < -0.39 is 29.6 Å². The van der Waals surface area contributed by atoms with Crippen molar-refractivity contribution in [3.63, 3.8) is 0 Å². The first-order chi connectivity index (χ1) is 9.90. The third-order valence-corrected chi connectivity index (χ3v) is 3.29. The highest BCUT2D eigenvalue weighted by Crippen LogP contribution is 2.19. The van der Waals surface area contributed by atoms with E-state index in [1.807, 2.05) is 0 Å². The smallest absolute Gasteiger partial charge is 0.253 e. The lowest BCUT2D eigenvalue weighted by molar-refractivity contribution is -0.121. The Labute approximate surface area is 131 Å². The molecule has 0 radical (unpaired) electrons. The maximum absolute atomic E-state index is 13.0. The Morgan fingerprint density at radius 1 is 1.38 bits per heavy atom. The third kappa shape index (κ3) is 4.84. The molecule has 0 saturated carbocycles. The van der Waals surface area contributed by atoms with E-state index >= 15 is 0 Å². The second kappa shape index (κ2) is 8.17. The zero-order valence-electron chi connectivity index (χ0n) is 11.1. The van der Waals surface area contributed by atoms with Crippen molar-refractivity contribution in [3.8, 4) is 0 Å². The van der Waals surface area contributed by atoms with Gasteiger partial charge >= 0.3 is 0 Å². The molecule has 0 aliphatic carbocycles. The lowest BCUT2D eigenvalue weighted by atomic mass is 10.0. The fourth-order valence-electron chi connectivity index (χ4n) is 1.66. The Bertz CT molecular complexity index is 509. The second-order valence-corrected chi connectivity index (χ2v) is 5.42. The van der Waals surface area contributed by atoms with E-state index in [-0.39, 0.29) is 0 Å². The van der Waals surface area contributed by atoms with E-state index in [1.54, 1.807) is 31.2 Å². The number of nitrogens with one attached hydrogen (secondary N) is 1. The standard InChI is InChI=1S/C13H15Cl2FN2O3/c1-7(18-21)8-2-4-9(5-3-8)11(19)10(6-16)17-13(20)12(14)15/h2-5,10-12,19,21H,6H2,1H3,(H,17,20)/b18-7+/t10-,11-/m1/s1. The topological polar surface area (TPSA) is 81.9 Å². The summed E-state index contributed by atoms with van der Waals surface area (Å²) in [5, 5.41) is 24.0. The van der Waals surface area contributed by atoms with Crippen molar-refractivity contribution in [1.82, 2.24) is 5.32 Å². The number of benzene rings is 1. The Kier molecular flexibility index (Phi) is 6.87. The van der Waals surface area contributed by atoms with Crippen molar-refractivity contribution in [2.45, 2.75) is 23.9 Å². The fraction of sp³-hybridized carbons (Fsp3) is 0.385. The summed E-state index contributed by atoms with van der Waals surface area (Å²) in [6, 6.07) is 5.15. The molecule has 2 atom stereocenters. The minimum absolute atomic E-state index is 0.396. The Balaban J connectivity index is 2.85. The molecular formula is C13H15Cl2FN2O3. The number of halogens is 3. The van der Waals surface area contributed by atoms with Crippen LogP contribution in [0.1, 0.15) is 24.2 Å². The molecular weight excluding hydrogens is 322 g/mol. The molecule has 1 rings (SSSR count). The molecule has 1 aromatic carbocycles. The normalized spacial score (nSPS) is 14.9. The molecule has 0 bridgehead atoms. The summed E-state index contributed by atoms with van der Waals surface area (Å²) in [5.41, 5.74) is 1.45. The average molecular weight is 337 g/mol. The summed E-state index contributed by atoms with van der Waals surface area (Å²) in [6.07, 6.45) is -1.26. The molecule has 0 aromatic heterocycles. The average Bonchev–Trinajstić information content (AvgIpc) is 2.50. The number of carbonyl (C=O) groups excluding carboxylic acids is 1. The SMILES string of the molecule is C/C(=N\O)c1ccc([C@@H](O)[C@@H](CF)NC(=O)C(Cl)Cl)cc1. The lowest BCUT2D eigenvalue weighted by Crippen LogP contribution is -2.43. The molecule has 0 aliphatic heterocycles. The van der Waals surface area contributed by atoms with E-state index in [0.29, 0.717) is 16.8 Å². The van der Waals surface area contributed by atoms with Gasteiger partial charge in [-0.15, -0.1) is 0 Å². The molecule has 8 heteroatoms. The van der Waals surface area contributed by atoms with Gasteiger partial charge in [0, 0.05) is 0 Å². The van der Waals surface area contributed by atoms with E-state index in [0.717, 1.165) is 0 Å². The van der Waals surface area contributed by atoms with Gasteiger partial charge in [0.2, 0.25) is 0 Å². The van der Waals surface area contributed by atoms with Crippen molar-refractivity contribution in [2.24, 2.45) is 5.16 Å². The zero-order valence-corrected chi connectivity index (χ0v) is 12.6. The molecule has 3 N–H and O–H groups in total. The summed E-state index contributed by atoms with van der Waals surface area (Å²) in [7, 11) is 0. The summed E-state index contributed by atoms with van der Waals surface area (Å²) < 4.78 is 13.0. The minimum atomic E-state index is -1.34. The van der Waals surface area contributed by atoms with Crippen molar-refractivity contribution in [3.05, 3.63) is 35.4 Å². The quantitative estimate of drug-likeness (QED) is 0.322. The van der Waals surface area contributed by atoms with E-state index in [4.69, 9.17) is 28.4 Å². The van der Waals surface area contributed by atoms with Crippen molar-refractivity contribution < 1.29 is 19.5 Å². The van der Waals surface area contributed by atoms with Gasteiger partial charge < -0.3 is 15.6 Å². The highest BCUT2D eigenvalue weighted by Gasteiger charge is 2.25. The van der Waals surface area contributed by atoms with Crippen molar-refractivity contribution in [2.75, 3.05) is 6.67 Å². The highest BCUT2D eigenvalue weighted by molar-refractivity contribution is 6.53. The van der Waals surface area contributed by atoms with Crippen LogP contribution in [-0.4, -0.2) is 39.5 Å². The number of rotatable bonds is 6. The third-order valence-electron chi connectivity index (χ3n) is 2.89. The Morgan fingerprint density at radius 2 is 1.95 bits per heavy atom. The van der Waals surface area contributed by atoms with Crippen LogP contribution in [0.15, 0.2) is 29.4 Å². The van der Waals surface area contributed by atoms with Crippen LogP contribution in [0.2, 0.25) is 0 Å². The van der Waals surface area contributed by atoms with Crippen LogP contribution in [-0.2, 0) is 4.79 Å². The second-order valence-electron chi connectivity index (χ2n) is 4.32. The predicted octanol–water partition coefficient (Wildman–Crippen LogP) is 2.18. The van der Waals surface area contributed by atoms with E-state index in [2.05, 4.69) is 10.5 Å². The first-order valence-corrected chi connectivity index (χ1v) is 6.89. The number of amides is 1. The first-order valence-electron chi connectivity index (χ1n) is 6.02. The van der Waals surface area contributed by atoms with Gasteiger partial charge in [-0.25, -0.2) is 4.39 Å². The molecule has 1 amide bonds. The van der Waals surface area contributed by atoms with Gasteiger partial charge in [0.1, 0.15) is 12.8 Å². The molecule has 0 saturated heterocycles. The first kappa shape index (κ1) is 17.7. The predicted molar refractivity (Wildman–Crippen MR) is 78.8 cm³/mol. The molecule has 0 aliphatic rings. The van der Waals surface area contributed by atoms with Crippen LogP contribution in [0.3, 0.4) is 0 Å². The van der Waals surface area contributed by atoms with Crippen LogP contribution in [0.5, 0.6) is 0 Å². The number of aliphatic hydroxyl groups excluding tert-OH is 1. The van der Waals surface area contributed by atoms with Gasteiger partial charge in [0.25, 0.3) is 5.91 Å². The minimum Gasteiger partial charge on any atom is -0.411 e. The highest BCUT2D eigenvalue weighted by atomic mass is 35.5. The molecule has 5 nitrogen and oxygen atoms in total. The van der Waals surface area contributed by atoms with Gasteiger partial charge in [-0.2, -0.15) is 0 Å². The number of oxime groups is 1. The summed E-state index contributed by atoms with van der Waals surface area (Å²) in [6.45, 7) is 0.628. The fourth-order valence-corrected chi connectivity index (χ4v) is 1.79. The van der Waals surface area contributed by atoms with Crippen LogP contribution < -0.4 is 5.32 Å². The van der Waals surface area contributed by atoms with Gasteiger partial charge in [-0.1, -0.05) is 52.6 Å². The maximum atomic E-state index is 13.0. The number of carbonyl (C=O) groups is 1. The Hall–Kier alpha value is -1.37. The monoisotopic (exact) mass is 336 g/mol. The molecule has 0 heterocycles. The zero-order chi connectivity index (χ0) is 16.0. The van der Waals surface area contributed by atoms with Crippen LogP contribution in [0, 0.1) is 0 Å². The molecule has 116 valence electrons. The van der Waals surface area contributed by atoms with Crippen LogP contribution in [0.25, 0.3) is 0 Å². The summed E-state index contributed by atoms with van der Waals surface area (Å²) in [4.78, 5) is 10.00. The maximum Gasteiger partial charge on any atom is 0.253 e.